The van der Waals surface area contributed by atoms with Gasteiger partial charge in [0.25, 0.3) is 10.0 Å². The Morgan fingerprint density at radius 2 is 1.86 bits per heavy atom. The molecule has 0 unspecified atom stereocenters. The monoisotopic (exact) mass is 434 g/mol. The van der Waals surface area contributed by atoms with Crippen molar-refractivity contribution in [2.24, 2.45) is 0 Å². The summed E-state index contributed by atoms with van der Waals surface area (Å²) in [4.78, 5) is 23.8. The number of unbranched alkanes of at least 4 members (excludes halogenated alkanes) is 1. The van der Waals surface area contributed by atoms with E-state index in [9.17, 15) is 18.0 Å². The summed E-state index contributed by atoms with van der Waals surface area (Å²) >= 11 is 1.02. The predicted molar refractivity (Wildman–Crippen MR) is 114 cm³/mol. The Hall–Kier alpha value is -2.65. The maximum atomic E-state index is 12.7. The van der Waals surface area contributed by atoms with Crippen LogP contribution in [-0.4, -0.2) is 25.6 Å². The number of nitrogens with one attached hydrogen (secondary N) is 1. The van der Waals surface area contributed by atoms with Crippen molar-refractivity contribution < 1.29 is 17.9 Å². The van der Waals surface area contributed by atoms with Crippen molar-refractivity contribution in [2.45, 2.75) is 38.1 Å². The third-order valence-electron chi connectivity index (χ3n) is 4.37. The van der Waals surface area contributed by atoms with Crippen molar-refractivity contribution in [1.29, 1.82) is 0 Å². The molecule has 0 bridgehead atoms. The number of aryl methyl sites for hydroxylation is 1. The van der Waals surface area contributed by atoms with Crippen molar-refractivity contribution in [3.05, 3.63) is 57.7 Å². The van der Waals surface area contributed by atoms with Gasteiger partial charge in [0, 0.05) is 12.2 Å². The fourth-order valence-electron chi connectivity index (χ4n) is 2.79. The first-order valence-electron chi connectivity index (χ1n) is 9.29. The van der Waals surface area contributed by atoms with E-state index in [4.69, 9.17) is 4.74 Å². The highest BCUT2D eigenvalue weighted by molar-refractivity contribution is 7.92. The number of esters is 1. The number of nitrogens with zero attached hydrogens (tertiary/aromatic N) is 1. The molecule has 1 heterocycles. The summed E-state index contributed by atoms with van der Waals surface area (Å²) in [6.45, 7) is 4.75. The zero-order chi connectivity index (χ0) is 21.0. The minimum Gasteiger partial charge on any atom is -0.462 e. The number of hydrogen-bond donors (Lipinski definition) is 1. The summed E-state index contributed by atoms with van der Waals surface area (Å²) in [5.41, 5.74) is 1.40. The van der Waals surface area contributed by atoms with Gasteiger partial charge in [0.2, 0.25) is 0 Å². The van der Waals surface area contributed by atoms with Crippen molar-refractivity contribution in [2.75, 3.05) is 11.3 Å². The molecule has 0 radical (unpaired) electrons. The normalized spacial score (nSPS) is 11.5. The van der Waals surface area contributed by atoms with E-state index in [0.29, 0.717) is 34.6 Å². The number of anilines is 1. The molecule has 0 spiro atoms. The first kappa shape index (κ1) is 21.1. The second-order valence-electron chi connectivity index (χ2n) is 6.41. The van der Waals surface area contributed by atoms with Crippen molar-refractivity contribution in [3.63, 3.8) is 0 Å². The first-order chi connectivity index (χ1) is 13.9. The van der Waals surface area contributed by atoms with Crippen LogP contribution in [0.5, 0.6) is 0 Å². The van der Waals surface area contributed by atoms with Crippen molar-refractivity contribution in [3.8, 4) is 0 Å². The Labute approximate surface area is 173 Å². The van der Waals surface area contributed by atoms with Gasteiger partial charge in [0.1, 0.15) is 0 Å². The van der Waals surface area contributed by atoms with Crippen LogP contribution in [0.2, 0.25) is 0 Å². The predicted octanol–water partition coefficient (Wildman–Crippen LogP) is 3.84. The van der Waals surface area contributed by atoms with Gasteiger partial charge < -0.3 is 4.74 Å². The average molecular weight is 435 g/mol. The summed E-state index contributed by atoms with van der Waals surface area (Å²) in [5, 5.41) is 0. The second-order valence-corrected chi connectivity index (χ2v) is 9.09. The third-order valence-corrected chi connectivity index (χ3v) is 6.69. The van der Waals surface area contributed by atoms with Crippen molar-refractivity contribution in [1.82, 2.24) is 4.57 Å². The van der Waals surface area contributed by atoms with Crippen LogP contribution in [0.25, 0.3) is 10.2 Å². The molecule has 9 heteroatoms. The van der Waals surface area contributed by atoms with Crippen LogP contribution in [0.1, 0.15) is 37.0 Å². The van der Waals surface area contributed by atoms with Crippen molar-refractivity contribution >= 4 is 43.2 Å². The minimum atomic E-state index is -3.84. The molecule has 154 valence electrons. The van der Waals surface area contributed by atoms with Gasteiger partial charge in [-0.3, -0.25) is 14.1 Å². The lowest BCUT2D eigenvalue weighted by Gasteiger charge is -2.09. The van der Waals surface area contributed by atoms with Gasteiger partial charge in [-0.05, 0) is 55.8 Å². The van der Waals surface area contributed by atoms with Crippen LogP contribution in [0.3, 0.4) is 0 Å². The van der Waals surface area contributed by atoms with Crippen LogP contribution in [-0.2, 0) is 21.3 Å². The summed E-state index contributed by atoms with van der Waals surface area (Å²) in [7, 11) is -3.84. The molecule has 7 nitrogen and oxygen atoms in total. The summed E-state index contributed by atoms with van der Waals surface area (Å²) in [6, 6.07) is 10.7. The molecular formula is C20H22N2O5S2. The molecule has 0 saturated heterocycles. The highest BCUT2D eigenvalue weighted by Crippen LogP contribution is 2.23. The minimum absolute atomic E-state index is 0.0672. The zero-order valence-electron chi connectivity index (χ0n) is 16.2. The van der Waals surface area contributed by atoms with E-state index in [2.05, 4.69) is 4.72 Å². The molecule has 0 aliphatic rings. The fraction of sp³-hybridized carbons (Fsp3) is 0.300. The zero-order valence-corrected chi connectivity index (χ0v) is 17.8. The van der Waals surface area contributed by atoms with Gasteiger partial charge >= 0.3 is 10.8 Å². The van der Waals surface area contributed by atoms with Gasteiger partial charge in [-0.25, -0.2) is 13.2 Å². The van der Waals surface area contributed by atoms with E-state index in [-0.39, 0.29) is 9.77 Å². The SMILES string of the molecule is CCCCOC(=O)c1ccc(NS(=O)(=O)c2ccc3c(c2)sc(=O)n3CC)cc1. The van der Waals surface area contributed by atoms with Crippen LogP contribution < -0.4 is 9.60 Å². The molecule has 1 aromatic heterocycles. The Kier molecular flexibility index (Phi) is 6.39. The maximum Gasteiger partial charge on any atom is 0.338 e. The average Bonchev–Trinajstić information content (AvgIpc) is 3.02. The van der Waals surface area contributed by atoms with E-state index < -0.39 is 16.0 Å². The molecule has 2 aromatic carbocycles. The number of carbonyl (C=O) groups is 1. The lowest BCUT2D eigenvalue weighted by atomic mass is 10.2. The van der Waals surface area contributed by atoms with Gasteiger partial charge in [0.15, 0.2) is 0 Å². The Balaban J connectivity index is 1.78. The summed E-state index contributed by atoms with van der Waals surface area (Å²) in [5.74, 6) is -0.436. The van der Waals surface area contributed by atoms with Gasteiger partial charge in [-0.15, -0.1) is 0 Å². The molecule has 0 aliphatic carbocycles. The fourth-order valence-corrected chi connectivity index (χ4v) is 4.95. The number of fused-ring (bicyclic) bond motifs is 1. The highest BCUT2D eigenvalue weighted by Gasteiger charge is 2.17. The molecule has 0 saturated carbocycles. The van der Waals surface area contributed by atoms with E-state index in [1.165, 1.54) is 36.4 Å². The van der Waals surface area contributed by atoms with E-state index >= 15 is 0 Å². The van der Waals surface area contributed by atoms with Crippen LogP contribution in [0, 0.1) is 0 Å². The number of aromatic nitrogens is 1. The maximum absolute atomic E-state index is 12.7. The summed E-state index contributed by atoms with van der Waals surface area (Å²) in [6.07, 6.45) is 1.73. The lowest BCUT2D eigenvalue weighted by molar-refractivity contribution is 0.0500. The first-order valence-corrected chi connectivity index (χ1v) is 11.6. The molecule has 1 N–H and O–H groups in total. The lowest BCUT2D eigenvalue weighted by Crippen LogP contribution is -2.13. The van der Waals surface area contributed by atoms with Gasteiger partial charge in [-0.1, -0.05) is 24.7 Å². The third kappa shape index (κ3) is 4.68. The number of hydrogen-bond acceptors (Lipinski definition) is 6. The number of benzene rings is 2. The molecule has 3 aromatic rings. The van der Waals surface area contributed by atoms with Crippen LogP contribution >= 0.6 is 11.3 Å². The molecule has 0 amide bonds. The molecular weight excluding hydrogens is 412 g/mol. The Bertz CT molecular complexity index is 1180. The van der Waals surface area contributed by atoms with E-state index in [0.717, 1.165) is 24.2 Å². The smallest absolute Gasteiger partial charge is 0.338 e. The van der Waals surface area contributed by atoms with Crippen LogP contribution in [0.4, 0.5) is 5.69 Å². The van der Waals surface area contributed by atoms with Crippen LogP contribution in [0.15, 0.2) is 52.2 Å². The molecule has 0 atom stereocenters. The van der Waals surface area contributed by atoms with Gasteiger partial charge in [0.05, 0.1) is 27.3 Å². The van der Waals surface area contributed by atoms with E-state index in [1.807, 2.05) is 13.8 Å². The quantitative estimate of drug-likeness (QED) is 0.429. The number of ether oxygens (including phenoxy) is 1. The Morgan fingerprint density at radius 3 is 2.52 bits per heavy atom. The Morgan fingerprint density at radius 1 is 1.14 bits per heavy atom. The number of rotatable bonds is 8. The standard InChI is InChI=1S/C20H22N2O5S2/c1-3-5-12-27-19(23)14-6-8-15(9-7-14)21-29(25,26)16-10-11-17-18(13-16)28-20(24)22(17)4-2/h6-11,13,21H,3-5,12H2,1-2H3. The molecule has 3 rings (SSSR count). The summed E-state index contributed by atoms with van der Waals surface area (Å²) < 4.78 is 35.3. The van der Waals surface area contributed by atoms with E-state index in [1.54, 1.807) is 10.6 Å². The van der Waals surface area contributed by atoms with Gasteiger partial charge in [-0.2, -0.15) is 0 Å². The number of carbonyl (C=O) groups excluding carboxylic acids is 1. The largest absolute Gasteiger partial charge is 0.462 e. The number of sulfonamides is 1. The molecule has 29 heavy (non-hydrogen) atoms. The highest BCUT2D eigenvalue weighted by atomic mass is 32.2. The number of thiazole rings is 1. The second kappa shape index (κ2) is 8.79. The topological polar surface area (TPSA) is 94.5 Å². The molecule has 0 fully saturated rings. The molecule has 0 aliphatic heterocycles.